The maximum atomic E-state index is 12.8. The minimum atomic E-state index is -0.279. The Balaban J connectivity index is 1.66. The Bertz CT molecular complexity index is 617. The second-order valence-electron chi connectivity index (χ2n) is 4.64. The number of thiocarbonyl (C=S) groups is 1. The van der Waals surface area contributed by atoms with Crippen LogP contribution in [0.5, 0.6) is 11.5 Å². The number of nitrogens with one attached hydrogen (secondary N) is 2. The van der Waals surface area contributed by atoms with E-state index in [1.807, 2.05) is 31.2 Å². The van der Waals surface area contributed by atoms with Crippen LogP contribution in [0.3, 0.4) is 0 Å². The van der Waals surface area contributed by atoms with Gasteiger partial charge in [0.05, 0.1) is 13.2 Å². The Morgan fingerprint density at radius 3 is 2.22 bits per heavy atom. The highest BCUT2D eigenvalue weighted by Gasteiger charge is 1.99. The third-order valence-corrected chi connectivity index (χ3v) is 3.14. The molecule has 0 radical (unpaired) electrons. The number of ether oxygens (including phenoxy) is 2. The summed E-state index contributed by atoms with van der Waals surface area (Å²) < 4.78 is 23.8. The molecule has 0 unspecified atom stereocenters. The van der Waals surface area contributed by atoms with Gasteiger partial charge in [-0.05, 0) is 67.7 Å². The van der Waals surface area contributed by atoms with Crippen LogP contribution >= 0.6 is 12.2 Å². The summed E-state index contributed by atoms with van der Waals surface area (Å²) in [5.74, 6) is 1.31. The average Bonchev–Trinajstić information content (AvgIpc) is 2.55. The van der Waals surface area contributed by atoms with Crippen molar-refractivity contribution in [2.45, 2.75) is 6.92 Å². The van der Waals surface area contributed by atoms with Crippen molar-refractivity contribution < 1.29 is 13.9 Å². The quantitative estimate of drug-likeness (QED) is 0.598. The van der Waals surface area contributed by atoms with Gasteiger partial charge in [-0.15, -0.1) is 0 Å². The van der Waals surface area contributed by atoms with Gasteiger partial charge < -0.3 is 20.1 Å². The van der Waals surface area contributed by atoms with E-state index >= 15 is 0 Å². The van der Waals surface area contributed by atoms with Crippen molar-refractivity contribution >= 4 is 23.0 Å². The molecule has 2 rings (SSSR count). The predicted octanol–water partition coefficient (Wildman–Crippen LogP) is 3.59. The molecule has 122 valence electrons. The molecule has 0 heterocycles. The fourth-order valence-electron chi connectivity index (χ4n) is 1.84. The summed E-state index contributed by atoms with van der Waals surface area (Å²) in [5, 5.41) is 6.46. The molecule has 0 saturated carbocycles. The Morgan fingerprint density at radius 1 is 1.00 bits per heavy atom. The molecule has 0 aliphatic rings. The molecule has 0 spiro atoms. The first kappa shape index (κ1) is 17.0. The van der Waals surface area contributed by atoms with E-state index in [0.29, 0.717) is 24.9 Å². The zero-order valence-corrected chi connectivity index (χ0v) is 13.7. The highest BCUT2D eigenvalue weighted by atomic mass is 32.1. The Morgan fingerprint density at radius 2 is 1.61 bits per heavy atom. The number of hydrogen-bond acceptors (Lipinski definition) is 3. The van der Waals surface area contributed by atoms with Crippen molar-refractivity contribution in [3.05, 3.63) is 54.3 Å². The largest absolute Gasteiger partial charge is 0.494 e. The Hall–Kier alpha value is -2.34. The van der Waals surface area contributed by atoms with Crippen molar-refractivity contribution in [2.24, 2.45) is 0 Å². The van der Waals surface area contributed by atoms with E-state index in [-0.39, 0.29) is 5.82 Å². The van der Waals surface area contributed by atoms with Crippen molar-refractivity contribution in [2.75, 3.05) is 25.1 Å². The summed E-state index contributed by atoms with van der Waals surface area (Å²) in [4.78, 5) is 0. The molecule has 0 aliphatic heterocycles. The Labute approximate surface area is 140 Å². The van der Waals surface area contributed by atoms with Crippen molar-refractivity contribution in [1.82, 2.24) is 5.32 Å². The van der Waals surface area contributed by atoms with Gasteiger partial charge in [-0.2, -0.15) is 0 Å². The Kier molecular flexibility index (Phi) is 6.62. The van der Waals surface area contributed by atoms with Gasteiger partial charge in [0.2, 0.25) is 0 Å². The van der Waals surface area contributed by atoms with E-state index in [1.165, 1.54) is 12.1 Å². The number of halogens is 1. The van der Waals surface area contributed by atoms with Crippen LogP contribution in [0.25, 0.3) is 0 Å². The lowest BCUT2D eigenvalue weighted by Gasteiger charge is -2.11. The third kappa shape index (κ3) is 6.12. The molecule has 0 aromatic heterocycles. The molecule has 4 nitrogen and oxygen atoms in total. The second-order valence-corrected chi connectivity index (χ2v) is 5.05. The van der Waals surface area contributed by atoms with E-state index in [4.69, 9.17) is 21.7 Å². The number of anilines is 1. The number of hydrogen-bond donors (Lipinski definition) is 2. The average molecular weight is 334 g/mol. The van der Waals surface area contributed by atoms with Crippen LogP contribution in [0.1, 0.15) is 6.92 Å². The minimum absolute atomic E-state index is 0.279. The topological polar surface area (TPSA) is 42.5 Å². The monoisotopic (exact) mass is 334 g/mol. The summed E-state index contributed by atoms with van der Waals surface area (Å²) in [6.45, 7) is 3.61. The van der Waals surface area contributed by atoms with Gasteiger partial charge in [-0.3, -0.25) is 0 Å². The standard InChI is InChI=1S/C17H19FN2O2S/c1-2-21-15-7-9-16(10-8-15)22-12-11-19-17(23)20-14-5-3-13(18)4-6-14/h3-10H,2,11-12H2,1H3,(H2,19,20,23). The molecule has 23 heavy (non-hydrogen) atoms. The molecule has 2 aromatic carbocycles. The fraction of sp³-hybridized carbons (Fsp3) is 0.235. The normalized spacial score (nSPS) is 10.0. The van der Waals surface area contributed by atoms with Crippen LogP contribution in [0.4, 0.5) is 10.1 Å². The van der Waals surface area contributed by atoms with Crippen LogP contribution < -0.4 is 20.1 Å². The van der Waals surface area contributed by atoms with E-state index in [9.17, 15) is 4.39 Å². The summed E-state index contributed by atoms with van der Waals surface area (Å²) in [6, 6.07) is 13.5. The molecular formula is C17H19FN2O2S. The van der Waals surface area contributed by atoms with Crippen LogP contribution in [0.15, 0.2) is 48.5 Å². The van der Waals surface area contributed by atoms with E-state index < -0.39 is 0 Å². The summed E-state index contributed by atoms with van der Waals surface area (Å²) >= 11 is 5.16. The smallest absolute Gasteiger partial charge is 0.170 e. The first-order chi connectivity index (χ1) is 11.2. The lowest BCUT2D eigenvalue weighted by atomic mass is 10.3. The maximum Gasteiger partial charge on any atom is 0.170 e. The highest BCUT2D eigenvalue weighted by Crippen LogP contribution is 2.17. The predicted molar refractivity (Wildman–Crippen MR) is 93.7 cm³/mol. The van der Waals surface area contributed by atoms with Crippen LogP contribution in [0.2, 0.25) is 0 Å². The van der Waals surface area contributed by atoms with Gasteiger partial charge in [0.15, 0.2) is 5.11 Å². The molecule has 0 fully saturated rings. The van der Waals surface area contributed by atoms with Gasteiger partial charge in [0.1, 0.15) is 23.9 Å². The molecule has 0 bridgehead atoms. The van der Waals surface area contributed by atoms with Crippen molar-refractivity contribution in [3.63, 3.8) is 0 Å². The van der Waals surface area contributed by atoms with Crippen molar-refractivity contribution in [3.8, 4) is 11.5 Å². The SMILES string of the molecule is CCOc1ccc(OCCNC(=S)Nc2ccc(F)cc2)cc1. The van der Waals surface area contributed by atoms with Gasteiger partial charge in [0.25, 0.3) is 0 Å². The van der Waals surface area contributed by atoms with Gasteiger partial charge in [-0.25, -0.2) is 4.39 Å². The van der Waals surface area contributed by atoms with Crippen molar-refractivity contribution in [1.29, 1.82) is 0 Å². The van der Waals surface area contributed by atoms with E-state index in [1.54, 1.807) is 12.1 Å². The molecule has 0 aliphatic carbocycles. The lowest BCUT2D eigenvalue weighted by molar-refractivity contribution is 0.319. The number of benzene rings is 2. The van der Waals surface area contributed by atoms with Crippen LogP contribution in [-0.4, -0.2) is 24.9 Å². The molecule has 2 aromatic rings. The van der Waals surface area contributed by atoms with Crippen LogP contribution in [-0.2, 0) is 0 Å². The number of rotatable bonds is 7. The van der Waals surface area contributed by atoms with E-state index in [0.717, 1.165) is 17.2 Å². The summed E-state index contributed by atoms with van der Waals surface area (Å²) in [7, 11) is 0. The lowest BCUT2D eigenvalue weighted by Crippen LogP contribution is -2.31. The molecular weight excluding hydrogens is 315 g/mol. The zero-order valence-electron chi connectivity index (χ0n) is 12.8. The molecule has 0 saturated heterocycles. The molecule has 0 amide bonds. The van der Waals surface area contributed by atoms with Crippen LogP contribution in [0, 0.1) is 5.82 Å². The van der Waals surface area contributed by atoms with Gasteiger partial charge in [0, 0.05) is 5.69 Å². The summed E-state index contributed by atoms with van der Waals surface area (Å²) in [6.07, 6.45) is 0. The second kappa shape index (κ2) is 8.95. The van der Waals surface area contributed by atoms with Gasteiger partial charge in [-0.1, -0.05) is 0 Å². The summed E-state index contributed by atoms with van der Waals surface area (Å²) in [5.41, 5.74) is 0.733. The van der Waals surface area contributed by atoms with Gasteiger partial charge >= 0.3 is 0 Å². The third-order valence-electron chi connectivity index (χ3n) is 2.89. The molecule has 6 heteroatoms. The molecule has 2 N–H and O–H groups in total. The highest BCUT2D eigenvalue weighted by molar-refractivity contribution is 7.80. The fourth-order valence-corrected chi connectivity index (χ4v) is 2.06. The first-order valence-corrected chi connectivity index (χ1v) is 7.74. The zero-order chi connectivity index (χ0) is 16.5. The molecule has 0 atom stereocenters. The minimum Gasteiger partial charge on any atom is -0.494 e. The maximum absolute atomic E-state index is 12.8. The first-order valence-electron chi connectivity index (χ1n) is 7.33. The van der Waals surface area contributed by atoms with E-state index in [2.05, 4.69) is 10.6 Å².